The monoisotopic (exact) mass is 289 g/mol. The molecule has 106 valence electrons. The molecular formula is C16H19NO2S. The highest BCUT2D eigenvalue weighted by molar-refractivity contribution is 7.98. The number of hydrogen-bond acceptors (Lipinski definition) is 3. The summed E-state index contributed by atoms with van der Waals surface area (Å²) in [6.07, 6.45) is 4.76. The van der Waals surface area contributed by atoms with Crippen molar-refractivity contribution in [2.24, 2.45) is 0 Å². The number of thioether (sulfide) groups is 1. The van der Waals surface area contributed by atoms with Crippen LogP contribution in [0.15, 0.2) is 52.0 Å². The first kappa shape index (κ1) is 14.7. The number of rotatable bonds is 6. The van der Waals surface area contributed by atoms with Crippen LogP contribution in [-0.2, 0) is 11.2 Å². The third kappa shape index (κ3) is 4.17. The molecule has 0 fully saturated rings. The summed E-state index contributed by atoms with van der Waals surface area (Å²) in [5.74, 6) is 0.889. The van der Waals surface area contributed by atoms with Crippen LogP contribution in [0, 0.1) is 0 Å². The second-order valence-corrected chi connectivity index (χ2v) is 5.52. The van der Waals surface area contributed by atoms with Crippen molar-refractivity contribution in [2.75, 3.05) is 6.26 Å². The van der Waals surface area contributed by atoms with Crippen LogP contribution in [0.2, 0.25) is 0 Å². The van der Waals surface area contributed by atoms with Gasteiger partial charge in [-0.2, -0.15) is 0 Å². The molecule has 0 aliphatic heterocycles. The molecule has 0 unspecified atom stereocenters. The van der Waals surface area contributed by atoms with E-state index in [1.165, 1.54) is 4.90 Å². The Bertz CT molecular complexity index is 534. The largest absolute Gasteiger partial charge is 0.469 e. The van der Waals surface area contributed by atoms with E-state index in [4.69, 9.17) is 4.42 Å². The van der Waals surface area contributed by atoms with Gasteiger partial charge in [0, 0.05) is 17.7 Å². The van der Waals surface area contributed by atoms with E-state index in [9.17, 15) is 4.79 Å². The summed E-state index contributed by atoms with van der Waals surface area (Å²) in [5, 5.41) is 3.01. The van der Waals surface area contributed by atoms with Gasteiger partial charge in [0.05, 0.1) is 12.3 Å². The molecule has 0 aliphatic carbocycles. The zero-order valence-electron chi connectivity index (χ0n) is 11.8. The SMILES string of the molecule is CSc1ccc([C@@H](C)NC(=O)CCc2ccco2)cc1. The summed E-state index contributed by atoms with van der Waals surface area (Å²) < 4.78 is 5.22. The van der Waals surface area contributed by atoms with Crippen LogP contribution in [0.25, 0.3) is 0 Å². The molecule has 1 aromatic carbocycles. The fourth-order valence-electron chi connectivity index (χ4n) is 1.98. The molecule has 20 heavy (non-hydrogen) atoms. The predicted molar refractivity (Wildman–Crippen MR) is 81.8 cm³/mol. The fraction of sp³-hybridized carbons (Fsp3) is 0.312. The maximum atomic E-state index is 11.9. The number of amides is 1. The van der Waals surface area contributed by atoms with E-state index >= 15 is 0 Å². The number of hydrogen-bond donors (Lipinski definition) is 1. The number of carbonyl (C=O) groups is 1. The topological polar surface area (TPSA) is 42.2 Å². The van der Waals surface area contributed by atoms with Crippen molar-refractivity contribution >= 4 is 17.7 Å². The van der Waals surface area contributed by atoms with E-state index in [1.807, 2.05) is 19.1 Å². The normalized spacial score (nSPS) is 12.1. The van der Waals surface area contributed by atoms with Crippen LogP contribution in [0.1, 0.15) is 30.7 Å². The Balaban J connectivity index is 1.83. The van der Waals surface area contributed by atoms with Crippen LogP contribution in [0.3, 0.4) is 0 Å². The van der Waals surface area contributed by atoms with Crippen LogP contribution in [0.5, 0.6) is 0 Å². The molecule has 0 bridgehead atoms. The van der Waals surface area contributed by atoms with Gasteiger partial charge in [-0.3, -0.25) is 4.79 Å². The van der Waals surface area contributed by atoms with Gasteiger partial charge in [-0.25, -0.2) is 0 Å². The number of carbonyl (C=O) groups excluding carboxylic acids is 1. The van der Waals surface area contributed by atoms with E-state index in [1.54, 1.807) is 18.0 Å². The maximum Gasteiger partial charge on any atom is 0.220 e. The first-order chi connectivity index (χ1) is 9.69. The van der Waals surface area contributed by atoms with E-state index in [-0.39, 0.29) is 11.9 Å². The molecule has 2 aromatic rings. The van der Waals surface area contributed by atoms with Crippen molar-refractivity contribution < 1.29 is 9.21 Å². The van der Waals surface area contributed by atoms with Gasteiger partial charge in [-0.15, -0.1) is 11.8 Å². The zero-order chi connectivity index (χ0) is 14.4. The van der Waals surface area contributed by atoms with Crippen molar-refractivity contribution in [3.05, 3.63) is 54.0 Å². The maximum absolute atomic E-state index is 11.9. The Hall–Kier alpha value is -1.68. The van der Waals surface area contributed by atoms with Crippen LogP contribution in [-0.4, -0.2) is 12.2 Å². The van der Waals surface area contributed by atoms with E-state index in [2.05, 4.69) is 35.8 Å². The number of furan rings is 1. The Kier molecular flexibility index (Phi) is 5.30. The molecule has 1 amide bonds. The molecule has 1 aromatic heterocycles. The molecule has 0 spiro atoms. The molecule has 0 aliphatic rings. The lowest BCUT2D eigenvalue weighted by molar-refractivity contribution is -0.121. The fourth-order valence-corrected chi connectivity index (χ4v) is 2.39. The molecule has 0 radical (unpaired) electrons. The molecule has 4 heteroatoms. The summed E-state index contributed by atoms with van der Waals surface area (Å²) in [6.45, 7) is 2.00. The van der Waals surface area contributed by atoms with E-state index < -0.39 is 0 Å². The average molecular weight is 289 g/mol. The van der Waals surface area contributed by atoms with Gasteiger partial charge in [0.1, 0.15) is 5.76 Å². The van der Waals surface area contributed by atoms with Crippen molar-refractivity contribution in [1.82, 2.24) is 5.32 Å². The van der Waals surface area contributed by atoms with Crippen molar-refractivity contribution in [1.29, 1.82) is 0 Å². The molecule has 2 rings (SSSR count). The first-order valence-corrected chi connectivity index (χ1v) is 7.87. The van der Waals surface area contributed by atoms with Crippen molar-refractivity contribution in [3.8, 4) is 0 Å². The Morgan fingerprint density at radius 2 is 2.05 bits per heavy atom. The first-order valence-electron chi connectivity index (χ1n) is 6.64. The van der Waals surface area contributed by atoms with Crippen molar-refractivity contribution in [2.45, 2.75) is 30.7 Å². The molecule has 0 saturated heterocycles. The lowest BCUT2D eigenvalue weighted by atomic mass is 10.1. The standard InChI is InChI=1S/C16H19NO2S/c1-12(13-5-8-15(20-2)9-6-13)17-16(18)10-7-14-4-3-11-19-14/h3-6,8-9,11-12H,7,10H2,1-2H3,(H,17,18)/t12-/m1/s1. The number of nitrogens with one attached hydrogen (secondary N) is 1. The van der Waals surface area contributed by atoms with Gasteiger partial charge in [0.25, 0.3) is 0 Å². The summed E-state index contributed by atoms with van der Waals surface area (Å²) in [4.78, 5) is 13.1. The van der Waals surface area contributed by atoms with Gasteiger partial charge in [0.15, 0.2) is 0 Å². The van der Waals surface area contributed by atoms with Gasteiger partial charge in [-0.1, -0.05) is 12.1 Å². The minimum absolute atomic E-state index is 0.0232. The lowest BCUT2D eigenvalue weighted by Gasteiger charge is -2.14. The Morgan fingerprint density at radius 1 is 1.30 bits per heavy atom. The van der Waals surface area contributed by atoms with Gasteiger partial charge in [0.2, 0.25) is 5.91 Å². The quantitative estimate of drug-likeness (QED) is 0.822. The minimum Gasteiger partial charge on any atom is -0.469 e. The Morgan fingerprint density at radius 3 is 2.65 bits per heavy atom. The second kappa shape index (κ2) is 7.20. The lowest BCUT2D eigenvalue weighted by Crippen LogP contribution is -2.26. The highest BCUT2D eigenvalue weighted by Gasteiger charge is 2.10. The third-order valence-corrected chi connectivity index (χ3v) is 3.92. The Labute approximate surface area is 123 Å². The van der Waals surface area contributed by atoms with E-state index in [0.29, 0.717) is 12.8 Å². The predicted octanol–water partition coefficient (Wildman–Crippen LogP) is 3.81. The summed E-state index contributed by atoms with van der Waals surface area (Å²) in [5.41, 5.74) is 1.12. The van der Waals surface area contributed by atoms with Gasteiger partial charge < -0.3 is 9.73 Å². The van der Waals surface area contributed by atoms with Crippen LogP contribution in [0.4, 0.5) is 0 Å². The highest BCUT2D eigenvalue weighted by Crippen LogP contribution is 2.19. The van der Waals surface area contributed by atoms with E-state index in [0.717, 1.165) is 11.3 Å². The molecule has 1 N–H and O–H groups in total. The summed E-state index contributed by atoms with van der Waals surface area (Å²) >= 11 is 1.71. The van der Waals surface area contributed by atoms with Gasteiger partial charge >= 0.3 is 0 Å². The summed E-state index contributed by atoms with van der Waals surface area (Å²) in [7, 11) is 0. The molecule has 3 nitrogen and oxygen atoms in total. The number of aryl methyl sites for hydroxylation is 1. The average Bonchev–Trinajstić information content (AvgIpc) is 2.98. The van der Waals surface area contributed by atoms with Gasteiger partial charge in [-0.05, 0) is 43.0 Å². The molecule has 1 atom stereocenters. The second-order valence-electron chi connectivity index (χ2n) is 4.64. The van der Waals surface area contributed by atoms with Crippen molar-refractivity contribution in [3.63, 3.8) is 0 Å². The minimum atomic E-state index is 0.0232. The molecule has 1 heterocycles. The third-order valence-electron chi connectivity index (χ3n) is 3.17. The molecule has 0 saturated carbocycles. The highest BCUT2D eigenvalue weighted by atomic mass is 32.2. The summed E-state index contributed by atoms with van der Waals surface area (Å²) in [6, 6.07) is 12.0. The van der Waals surface area contributed by atoms with Crippen LogP contribution < -0.4 is 5.32 Å². The molecular weight excluding hydrogens is 270 g/mol. The number of benzene rings is 1. The smallest absolute Gasteiger partial charge is 0.220 e. The van der Waals surface area contributed by atoms with Crippen LogP contribution >= 0.6 is 11.8 Å². The zero-order valence-corrected chi connectivity index (χ0v) is 12.6.